The molecule has 0 unspecified atom stereocenters. The molecule has 0 aliphatic carbocycles. The molecule has 0 amide bonds. The number of hydrogen-bond donors (Lipinski definition) is 2. The van der Waals surface area contributed by atoms with Crippen LogP contribution in [0.5, 0.6) is 0 Å². The Balaban J connectivity index is 2.23. The standard InChI is InChI=1S/C11H14ClNO/c12-10-4-2-9(3-5-10)11(14)6-1-7-13-8-11/h2-5,13-14H,1,6-8H2/t11-/m1/s1. The number of rotatable bonds is 1. The molecule has 0 bridgehead atoms. The van der Waals surface area contributed by atoms with Gasteiger partial charge in [-0.25, -0.2) is 0 Å². The van der Waals surface area contributed by atoms with E-state index in [2.05, 4.69) is 5.32 Å². The zero-order valence-electron chi connectivity index (χ0n) is 7.96. The maximum absolute atomic E-state index is 10.3. The molecular weight excluding hydrogens is 198 g/mol. The van der Waals surface area contributed by atoms with Gasteiger partial charge in [-0.05, 0) is 37.1 Å². The zero-order chi connectivity index (χ0) is 10.0. The van der Waals surface area contributed by atoms with Gasteiger partial charge < -0.3 is 10.4 Å². The molecule has 2 nitrogen and oxygen atoms in total. The van der Waals surface area contributed by atoms with Crippen LogP contribution in [0.25, 0.3) is 0 Å². The number of aliphatic hydroxyl groups is 1. The highest BCUT2D eigenvalue weighted by Crippen LogP contribution is 2.28. The Morgan fingerprint density at radius 2 is 2.00 bits per heavy atom. The molecule has 1 aliphatic heterocycles. The number of benzene rings is 1. The predicted octanol–water partition coefficient (Wildman–Crippen LogP) is 1.91. The molecule has 76 valence electrons. The molecule has 0 aromatic heterocycles. The van der Waals surface area contributed by atoms with Gasteiger partial charge in [0.15, 0.2) is 0 Å². The van der Waals surface area contributed by atoms with Gasteiger partial charge in [-0.3, -0.25) is 0 Å². The van der Waals surface area contributed by atoms with Gasteiger partial charge in [0.2, 0.25) is 0 Å². The van der Waals surface area contributed by atoms with E-state index in [1.807, 2.05) is 24.3 Å². The lowest BCUT2D eigenvalue weighted by Gasteiger charge is -2.33. The lowest BCUT2D eigenvalue weighted by atomic mass is 9.87. The summed E-state index contributed by atoms with van der Waals surface area (Å²) in [5.41, 5.74) is 0.247. The van der Waals surface area contributed by atoms with Gasteiger partial charge in [0.1, 0.15) is 5.60 Å². The third-order valence-electron chi connectivity index (χ3n) is 2.74. The second kappa shape index (κ2) is 3.89. The lowest BCUT2D eigenvalue weighted by molar-refractivity contribution is 0.0123. The van der Waals surface area contributed by atoms with E-state index in [1.165, 1.54) is 0 Å². The van der Waals surface area contributed by atoms with Crippen LogP contribution in [-0.4, -0.2) is 18.2 Å². The molecule has 14 heavy (non-hydrogen) atoms. The summed E-state index contributed by atoms with van der Waals surface area (Å²) in [6.07, 6.45) is 1.83. The summed E-state index contributed by atoms with van der Waals surface area (Å²) in [4.78, 5) is 0. The van der Waals surface area contributed by atoms with Crippen LogP contribution in [0.15, 0.2) is 24.3 Å². The Kier molecular flexibility index (Phi) is 2.77. The highest BCUT2D eigenvalue weighted by molar-refractivity contribution is 6.30. The van der Waals surface area contributed by atoms with Crippen LogP contribution in [-0.2, 0) is 5.60 Å². The fourth-order valence-electron chi connectivity index (χ4n) is 1.90. The summed E-state index contributed by atoms with van der Waals surface area (Å²) in [6, 6.07) is 7.44. The van der Waals surface area contributed by atoms with Gasteiger partial charge in [0.25, 0.3) is 0 Å². The average Bonchev–Trinajstić information content (AvgIpc) is 2.19. The van der Waals surface area contributed by atoms with Crippen LogP contribution in [0.4, 0.5) is 0 Å². The van der Waals surface area contributed by atoms with E-state index in [0.29, 0.717) is 11.6 Å². The first kappa shape index (κ1) is 9.97. The maximum atomic E-state index is 10.3. The largest absolute Gasteiger partial charge is 0.384 e. The SMILES string of the molecule is O[C@]1(c2ccc(Cl)cc2)CCCNC1. The van der Waals surface area contributed by atoms with E-state index in [9.17, 15) is 5.11 Å². The predicted molar refractivity (Wildman–Crippen MR) is 57.5 cm³/mol. The number of hydrogen-bond acceptors (Lipinski definition) is 2. The number of β-amino-alcohol motifs (C(OH)–C–C–N with tert-alkyl or cyclic N) is 1. The Morgan fingerprint density at radius 3 is 2.57 bits per heavy atom. The third kappa shape index (κ3) is 1.92. The fraction of sp³-hybridized carbons (Fsp3) is 0.455. The maximum Gasteiger partial charge on any atom is 0.102 e. The van der Waals surface area contributed by atoms with Crippen molar-refractivity contribution in [1.29, 1.82) is 0 Å². The molecule has 3 heteroatoms. The van der Waals surface area contributed by atoms with Crippen LogP contribution in [0.2, 0.25) is 5.02 Å². The van der Waals surface area contributed by atoms with E-state index in [4.69, 9.17) is 11.6 Å². The minimum absolute atomic E-state index is 0.634. The Labute approximate surface area is 88.9 Å². The minimum Gasteiger partial charge on any atom is -0.384 e. The van der Waals surface area contributed by atoms with Crippen LogP contribution < -0.4 is 5.32 Å². The van der Waals surface area contributed by atoms with Gasteiger partial charge in [0, 0.05) is 11.6 Å². The molecule has 0 spiro atoms. The molecular formula is C11H14ClNO. The molecule has 1 aromatic rings. The van der Waals surface area contributed by atoms with E-state index >= 15 is 0 Å². The molecule has 1 fully saturated rings. The van der Waals surface area contributed by atoms with E-state index in [1.54, 1.807) is 0 Å². The molecule has 2 rings (SSSR count). The molecule has 1 heterocycles. The number of piperidine rings is 1. The van der Waals surface area contributed by atoms with Crippen molar-refractivity contribution >= 4 is 11.6 Å². The summed E-state index contributed by atoms with van der Waals surface area (Å²) in [7, 11) is 0. The summed E-state index contributed by atoms with van der Waals surface area (Å²) in [5.74, 6) is 0. The van der Waals surface area contributed by atoms with Gasteiger partial charge >= 0.3 is 0 Å². The fourth-order valence-corrected chi connectivity index (χ4v) is 2.02. The molecule has 0 radical (unpaired) electrons. The van der Waals surface area contributed by atoms with Crippen molar-refractivity contribution in [3.05, 3.63) is 34.9 Å². The van der Waals surface area contributed by atoms with E-state index < -0.39 is 5.60 Å². The van der Waals surface area contributed by atoms with Crippen molar-refractivity contribution < 1.29 is 5.11 Å². The van der Waals surface area contributed by atoms with Gasteiger partial charge in [0.05, 0.1) is 0 Å². The van der Waals surface area contributed by atoms with Crippen molar-refractivity contribution in [3.8, 4) is 0 Å². The van der Waals surface area contributed by atoms with E-state index in [-0.39, 0.29) is 0 Å². The molecule has 1 atom stereocenters. The second-order valence-corrected chi connectivity index (χ2v) is 4.26. The summed E-state index contributed by atoms with van der Waals surface area (Å²) in [5, 5.41) is 14.2. The molecule has 1 saturated heterocycles. The van der Waals surface area contributed by atoms with Crippen LogP contribution in [0.3, 0.4) is 0 Å². The van der Waals surface area contributed by atoms with Crippen LogP contribution in [0.1, 0.15) is 18.4 Å². The van der Waals surface area contributed by atoms with Gasteiger partial charge in [-0.15, -0.1) is 0 Å². The van der Waals surface area contributed by atoms with Crippen molar-refractivity contribution in [2.75, 3.05) is 13.1 Å². The highest BCUT2D eigenvalue weighted by Gasteiger charge is 2.30. The number of nitrogens with one attached hydrogen (secondary N) is 1. The van der Waals surface area contributed by atoms with Crippen LogP contribution >= 0.6 is 11.6 Å². The van der Waals surface area contributed by atoms with Crippen molar-refractivity contribution in [3.63, 3.8) is 0 Å². The monoisotopic (exact) mass is 211 g/mol. The van der Waals surface area contributed by atoms with Crippen LogP contribution in [0, 0.1) is 0 Å². The quantitative estimate of drug-likeness (QED) is 0.744. The summed E-state index contributed by atoms with van der Waals surface area (Å²) < 4.78 is 0. The van der Waals surface area contributed by atoms with Crippen molar-refractivity contribution in [2.24, 2.45) is 0 Å². The Bertz CT molecular complexity index is 304. The zero-order valence-corrected chi connectivity index (χ0v) is 8.72. The highest BCUT2D eigenvalue weighted by atomic mass is 35.5. The normalized spacial score (nSPS) is 27.6. The average molecular weight is 212 g/mol. The number of halogens is 1. The van der Waals surface area contributed by atoms with E-state index in [0.717, 1.165) is 24.9 Å². The smallest absolute Gasteiger partial charge is 0.102 e. The summed E-state index contributed by atoms with van der Waals surface area (Å²) in [6.45, 7) is 1.63. The lowest BCUT2D eigenvalue weighted by Crippen LogP contribution is -2.43. The van der Waals surface area contributed by atoms with Gasteiger partial charge in [-0.2, -0.15) is 0 Å². The first-order valence-electron chi connectivity index (χ1n) is 4.90. The third-order valence-corrected chi connectivity index (χ3v) is 2.99. The minimum atomic E-state index is -0.706. The Morgan fingerprint density at radius 1 is 1.29 bits per heavy atom. The van der Waals surface area contributed by atoms with Crippen molar-refractivity contribution in [2.45, 2.75) is 18.4 Å². The van der Waals surface area contributed by atoms with Gasteiger partial charge in [-0.1, -0.05) is 23.7 Å². The summed E-state index contributed by atoms with van der Waals surface area (Å²) >= 11 is 5.80. The topological polar surface area (TPSA) is 32.3 Å². The molecule has 2 N–H and O–H groups in total. The molecule has 0 saturated carbocycles. The first-order chi connectivity index (χ1) is 6.71. The Hall–Kier alpha value is -0.570. The second-order valence-electron chi connectivity index (χ2n) is 3.82. The molecule has 1 aromatic carbocycles. The molecule has 1 aliphatic rings. The van der Waals surface area contributed by atoms with Crippen molar-refractivity contribution in [1.82, 2.24) is 5.32 Å². The first-order valence-corrected chi connectivity index (χ1v) is 5.28.